The van der Waals surface area contributed by atoms with E-state index in [1.807, 2.05) is 36.4 Å². The van der Waals surface area contributed by atoms with E-state index in [2.05, 4.69) is 13.2 Å². The monoisotopic (exact) mass is 325 g/mol. The van der Waals surface area contributed by atoms with Crippen LogP contribution in [0, 0.1) is 0 Å². The largest absolute Gasteiger partial charge is 0.0985 e. The Labute approximate surface area is 81.9 Å². The zero-order valence-corrected chi connectivity index (χ0v) is 8.47. The van der Waals surface area contributed by atoms with Crippen molar-refractivity contribution in [3.8, 4) is 0 Å². The van der Waals surface area contributed by atoms with Crippen molar-refractivity contribution < 1.29 is 21.1 Å². The van der Waals surface area contributed by atoms with E-state index in [0.717, 1.165) is 11.1 Å². The maximum absolute atomic E-state index is 3.67. The van der Waals surface area contributed by atoms with Crippen molar-refractivity contribution in [2.75, 3.05) is 0 Å². The zero-order chi connectivity index (χ0) is 7.40. The second-order valence-corrected chi connectivity index (χ2v) is 2.08. The van der Waals surface area contributed by atoms with E-state index in [9.17, 15) is 0 Å². The van der Waals surface area contributed by atoms with Gasteiger partial charge in [-0.05, 0) is 17.2 Å². The Morgan fingerprint density at radius 2 is 1.45 bits per heavy atom. The smallest absolute Gasteiger partial charge is 0 e. The summed E-state index contributed by atoms with van der Waals surface area (Å²) in [5.74, 6) is 0. The van der Waals surface area contributed by atoms with E-state index in [1.54, 1.807) is 0 Å². The van der Waals surface area contributed by atoms with Crippen molar-refractivity contribution in [2.24, 2.45) is 0 Å². The molecule has 0 amide bonds. The van der Waals surface area contributed by atoms with Crippen LogP contribution < -0.4 is 0 Å². The Balaban J connectivity index is 0.000001000. The first-order chi connectivity index (χ1) is 4.86. The molecule has 1 aromatic carbocycles. The fourth-order valence-electron chi connectivity index (χ4n) is 0.813. The van der Waals surface area contributed by atoms with E-state index in [0.29, 0.717) is 0 Å². The summed E-state index contributed by atoms with van der Waals surface area (Å²) in [5.41, 5.74) is 2.27. The fraction of sp³-hybridized carbons (Fsp3) is 0. The molecule has 1 heteroatoms. The van der Waals surface area contributed by atoms with Gasteiger partial charge in [-0.2, -0.15) is 0 Å². The van der Waals surface area contributed by atoms with Gasteiger partial charge in [0.05, 0.1) is 0 Å². The molecule has 0 fully saturated rings. The van der Waals surface area contributed by atoms with E-state index in [1.165, 1.54) is 0 Å². The van der Waals surface area contributed by atoms with E-state index >= 15 is 0 Å². The number of benzene rings is 1. The summed E-state index contributed by atoms with van der Waals surface area (Å²) < 4.78 is 0. The molecule has 1 rings (SSSR count). The zero-order valence-electron chi connectivity index (χ0n) is 6.19. The van der Waals surface area contributed by atoms with Crippen LogP contribution in [-0.4, -0.2) is 0 Å². The fourth-order valence-corrected chi connectivity index (χ4v) is 0.813. The SMILES string of the molecule is C=Cc1cccc(C=C)c1.[Pt]. The maximum Gasteiger partial charge on any atom is 0 e. The van der Waals surface area contributed by atoms with Crippen LogP contribution in [0.2, 0.25) is 0 Å². The Hall–Kier alpha value is -0.612. The molecule has 0 heterocycles. The van der Waals surface area contributed by atoms with Crippen molar-refractivity contribution in [1.29, 1.82) is 0 Å². The van der Waals surface area contributed by atoms with Crippen molar-refractivity contribution >= 4 is 12.2 Å². The molecule has 11 heavy (non-hydrogen) atoms. The minimum Gasteiger partial charge on any atom is -0.0985 e. The van der Waals surface area contributed by atoms with Crippen LogP contribution in [0.3, 0.4) is 0 Å². The second kappa shape index (κ2) is 5.09. The Bertz CT molecular complexity index is 228. The van der Waals surface area contributed by atoms with Gasteiger partial charge in [-0.15, -0.1) is 0 Å². The van der Waals surface area contributed by atoms with Crippen LogP contribution >= 0.6 is 0 Å². The van der Waals surface area contributed by atoms with Gasteiger partial charge in [-0.25, -0.2) is 0 Å². The summed E-state index contributed by atoms with van der Waals surface area (Å²) >= 11 is 0. The van der Waals surface area contributed by atoms with Crippen LogP contribution in [0.15, 0.2) is 37.4 Å². The van der Waals surface area contributed by atoms with Gasteiger partial charge in [0.15, 0.2) is 0 Å². The molecule has 0 saturated carbocycles. The van der Waals surface area contributed by atoms with Crippen LogP contribution in [-0.2, 0) is 21.1 Å². The molecule has 0 N–H and O–H groups in total. The van der Waals surface area contributed by atoms with E-state index in [4.69, 9.17) is 0 Å². The average molecular weight is 325 g/mol. The van der Waals surface area contributed by atoms with Crippen molar-refractivity contribution in [2.45, 2.75) is 0 Å². The maximum atomic E-state index is 3.67. The van der Waals surface area contributed by atoms with Crippen LogP contribution in [0.5, 0.6) is 0 Å². The molecule has 0 nitrogen and oxygen atoms in total. The molecule has 0 radical (unpaired) electrons. The third-order valence-electron chi connectivity index (χ3n) is 1.38. The van der Waals surface area contributed by atoms with Gasteiger partial charge >= 0.3 is 0 Å². The summed E-state index contributed by atoms with van der Waals surface area (Å²) in [4.78, 5) is 0. The van der Waals surface area contributed by atoms with E-state index in [-0.39, 0.29) is 21.1 Å². The van der Waals surface area contributed by atoms with Gasteiger partial charge in [-0.3, -0.25) is 0 Å². The summed E-state index contributed by atoms with van der Waals surface area (Å²) in [5, 5.41) is 0. The molecule has 0 aliphatic rings. The van der Waals surface area contributed by atoms with Crippen LogP contribution in [0.1, 0.15) is 11.1 Å². The predicted molar refractivity (Wildman–Crippen MR) is 46.6 cm³/mol. The minimum atomic E-state index is 0. The molecule has 0 aliphatic heterocycles. The van der Waals surface area contributed by atoms with Gasteiger partial charge in [0.1, 0.15) is 0 Å². The summed E-state index contributed by atoms with van der Waals surface area (Å²) in [7, 11) is 0. The Morgan fingerprint density at radius 1 is 1.00 bits per heavy atom. The van der Waals surface area contributed by atoms with Crippen LogP contribution in [0.25, 0.3) is 12.2 Å². The molecule has 1 aromatic rings. The molecule has 0 aliphatic carbocycles. The first kappa shape index (κ1) is 10.4. The average Bonchev–Trinajstić information content (AvgIpc) is 2.05. The molecule has 0 atom stereocenters. The topological polar surface area (TPSA) is 0 Å². The second-order valence-electron chi connectivity index (χ2n) is 2.08. The van der Waals surface area contributed by atoms with Crippen molar-refractivity contribution in [3.05, 3.63) is 48.6 Å². The number of hydrogen-bond donors (Lipinski definition) is 0. The van der Waals surface area contributed by atoms with Gasteiger partial charge in [0.25, 0.3) is 0 Å². The molecule has 60 valence electrons. The summed E-state index contributed by atoms with van der Waals surface area (Å²) in [6, 6.07) is 8.06. The molecule has 0 aromatic heterocycles. The number of hydrogen-bond acceptors (Lipinski definition) is 0. The van der Waals surface area contributed by atoms with Gasteiger partial charge in [0, 0.05) is 21.1 Å². The molecule has 0 spiro atoms. The molecule has 0 unspecified atom stereocenters. The van der Waals surface area contributed by atoms with Crippen LogP contribution in [0.4, 0.5) is 0 Å². The van der Waals surface area contributed by atoms with Gasteiger partial charge < -0.3 is 0 Å². The van der Waals surface area contributed by atoms with Crippen molar-refractivity contribution in [3.63, 3.8) is 0 Å². The minimum absolute atomic E-state index is 0. The molecule has 0 saturated heterocycles. The standard InChI is InChI=1S/C10H10.Pt/c1-3-9-6-5-7-10(4-2)8-9;/h3-8H,1-2H2;. The first-order valence-corrected chi connectivity index (χ1v) is 3.22. The molecule has 0 bridgehead atoms. The Kier molecular flexibility index (Phi) is 4.81. The van der Waals surface area contributed by atoms with Gasteiger partial charge in [-0.1, -0.05) is 43.5 Å². The third kappa shape index (κ3) is 2.86. The summed E-state index contributed by atoms with van der Waals surface area (Å²) in [6.45, 7) is 7.34. The molecular weight excluding hydrogens is 315 g/mol. The predicted octanol–water partition coefficient (Wildman–Crippen LogP) is 2.97. The van der Waals surface area contributed by atoms with Gasteiger partial charge in [0.2, 0.25) is 0 Å². The third-order valence-corrected chi connectivity index (χ3v) is 1.38. The first-order valence-electron chi connectivity index (χ1n) is 3.22. The summed E-state index contributed by atoms with van der Waals surface area (Å²) in [6.07, 6.45) is 3.65. The Morgan fingerprint density at radius 3 is 1.82 bits per heavy atom. The molecular formula is C10H10Pt. The van der Waals surface area contributed by atoms with E-state index < -0.39 is 0 Å². The van der Waals surface area contributed by atoms with Crippen molar-refractivity contribution in [1.82, 2.24) is 0 Å². The number of rotatable bonds is 2. The quantitative estimate of drug-likeness (QED) is 0.784. The normalized spacial score (nSPS) is 8.00.